The Hall–Kier alpha value is -2.77. The smallest absolute Gasteiger partial charge is 0.355 e. The molecule has 1 fully saturated rings. The van der Waals surface area contributed by atoms with E-state index >= 15 is 0 Å². The number of anilines is 1. The maximum absolute atomic E-state index is 11.1. The highest BCUT2D eigenvalue weighted by atomic mass is 32.1. The van der Waals surface area contributed by atoms with Crippen molar-refractivity contribution in [1.29, 1.82) is 0 Å². The van der Waals surface area contributed by atoms with E-state index in [4.69, 9.17) is 5.11 Å². The molecule has 0 bridgehead atoms. The van der Waals surface area contributed by atoms with E-state index in [1.807, 2.05) is 24.4 Å². The minimum Gasteiger partial charge on any atom is -0.476 e. The van der Waals surface area contributed by atoms with E-state index in [-0.39, 0.29) is 11.7 Å². The molecular formula is C20H20N4O2S. The molecule has 1 unspecified atom stereocenters. The van der Waals surface area contributed by atoms with E-state index in [1.165, 1.54) is 16.9 Å². The number of nitrogens with zero attached hydrogens (tertiary/aromatic N) is 4. The first kappa shape index (κ1) is 17.6. The Bertz CT molecular complexity index is 853. The number of carboxylic acid groups (broad SMARTS) is 1. The summed E-state index contributed by atoms with van der Waals surface area (Å²) in [6.45, 7) is 3.34. The number of piperazine rings is 1. The lowest BCUT2D eigenvalue weighted by atomic mass is 10.0. The third kappa shape index (κ3) is 3.84. The van der Waals surface area contributed by atoms with Crippen LogP contribution in [0.3, 0.4) is 0 Å². The Labute approximate surface area is 161 Å². The zero-order chi connectivity index (χ0) is 18.6. The number of hydrogen-bond donors (Lipinski definition) is 1. The summed E-state index contributed by atoms with van der Waals surface area (Å²) in [5.41, 5.74) is 2.39. The van der Waals surface area contributed by atoms with Crippen LogP contribution in [0.4, 0.5) is 5.13 Å². The van der Waals surface area contributed by atoms with Gasteiger partial charge in [-0.25, -0.2) is 9.78 Å². The van der Waals surface area contributed by atoms with Crippen molar-refractivity contribution in [2.45, 2.75) is 6.04 Å². The Kier molecular flexibility index (Phi) is 5.13. The van der Waals surface area contributed by atoms with Crippen LogP contribution >= 0.6 is 11.3 Å². The molecule has 0 saturated carbocycles. The van der Waals surface area contributed by atoms with Crippen LogP contribution in [-0.4, -0.2) is 52.1 Å². The Morgan fingerprint density at radius 1 is 1.04 bits per heavy atom. The van der Waals surface area contributed by atoms with E-state index in [0.717, 1.165) is 37.0 Å². The van der Waals surface area contributed by atoms with Crippen molar-refractivity contribution in [2.75, 3.05) is 31.1 Å². The van der Waals surface area contributed by atoms with Crippen LogP contribution < -0.4 is 4.90 Å². The molecular weight excluding hydrogens is 360 g/mol. The number of aromatic carboxylic acids is 1. The molecule has 1 aromatic carbocycles. The number of hydrogen-bond acceptors (Lipinski definition) is 6. The molecule has 1 saturated heterocycles. The first-order chi connectivity index (χ1) is 13.2. The fourth-order valence-electron chi connectivity index (χ4n) is 3.42. The number of rotatable bonds is 5. The molecule has 138 valence electrons. The highest BCUT2D eigenvalue weighted by Gasteiger charge is 2.28. The predicted octanol–water partition coefficient (Wildman–Crippen LogP) is 3.15. The quantitative estimate of drug-likeness (QED) is 0.733. The standard InChI is InChI=1S/C20H20N4O2S/c25-19(26)17-14-27-20(22-17)24-12-10-23(11-13-24)18(15-6-2-1-3-7-15)16-8-4-5-9-21-16/h1-9,14,18H,10-13H2,(H,25,26). The zero-order valence-electron chi connectivity index (χ0n) is 14.7. The van der Waals surface area contributed by atoms with E-state index in [0.29, 0.717) is 0 Å². The van der Waals surface area contributed by atoms with Gasteiger partial charge in [0, 0.05) is 37.8 Å². The Balaban J connectivity index is 1.52. The molecule has 1 N–H and O–H groups in total. The van der Waals surface area contributed by atoms with Crippen LogP contribution in [-0.2, 0) is 0 Å². The highest BCUT2D eigenvalue weighted by molar-refractivity contribution is 7.13. The zero-order valence-corrected chi connectivity index (χ0v) is 15.5. The number of pyridine rings is 1. The van der Waals surface area contributed by atoms with Gasteiger partial charge in [0.25, 0.3) is 0 Å². The summed E-state index contributed by atoms with van der Waals surface area (Å²) in [5, 5.41) is 11.5. The van der Waals surface area contributed by atoms with Crippen molar-refractivity contribution in [2.24, 2.45) is 0 Å². The Morgan fingerprint density at radius 3 is 2.41 bits per heavy atom. The number of carboxylic acids is 1. The van der Waals surface area contributed by atoms with Gasteiger partial charge in [0.2, 0.25) is 0 Å². The van der Waals surface area contributed by atoms with Crippen LogP contribution in [0.25, 0.3) is 0 Å². The van der Waals surface area contributed by atoms with Gasteiger partial charge in [0.15, 0.2) is 10.8 Å². The van der Waals surface area contributed by atoms with Crippen LogP contribution in [0.1, 0.15) is 27.8 Å². The first-order valence-electron chi connectivity index (χ1n) is 8.86. The number of aromatic nitrogens is 2. The second kappa shape index (κ2) is 7.85. The first-order valence-corrected chi connectivity index (χ1v) is 9.74. The molecule has 1 aliphatic heterocycles. The van der Waals surface area contributed by atoms with Gasteiger partial charge in [0.05, 0.1) is 11.7 Å². The maximum atomic E-state index is 11.1. The van der Waals surface area contributed by atoms with Gasteiger partial charge in [-0.1, -0.05) is 36.4 Å². The van der Waals surface area contributed by atoms with Gasteiger partial charge in [-0.15, -0.1) is 11.3 Å². The summed E-state index contributed by atoms with van der Waals surface area (Å²) in [6.07, 6.45) is 1.84. The number of benzene rings is 1. The summed E-state index contributed by atoms with van der Waals surface area (Å²) in [4.78, 5) is 24.5. The minimum atomic E-state index is -0.976. The summed E-state index contributed by atoms with van der Waals surface area (Å²) in [7, 11) is 0. The molecule has 3 heterocycles. The molecule has 2 aromatic heterocycles. The molecule has 0 spiro atoms. The van der Waals surface area contributed by atoms with Gasteiger partial charge >= 0.3 is 5.97 Å². The van der Waals surface area contributed by atoms with Crippen molar-refractivity contribution in [3.05, 3.63) is 77.1 Å². The average Bonchev–Trinajstić information content (AvgIpc) is 3.21. The van der Waals surface area contributed by atoms with E-state index < -0.39 is 5.97 Å². The van der Waals surface area contributed by atoms with Gasteiger partial charge < -0.3 is 10.0 Å². The number of thiazole rings is 1. The molecule has 7 heteroatoms. The van der Waals surface area contributed by atoms with Crippen molar-refractivity contribution < 1.29 is 9.90 Å². The maximum Gasteiger partial charge on any atom is 0.355 e. The molecule has 1 atom stereocenters. The summed E-state index contributed by atoms with van der Waals surface area (Å²) < 4.78 is 0. The third-order valence-electron chi connectivity index (χ3n) is 4.74. The van der Waals surface area contributed by atoms with Crippen LogP contribution in [0.2, 0.25) is 0 Å². The lowest BCUT2D eigenvalue weighted by Crippen LogP contribution is -2.48. The minimum absolute atomic E-state index is 0.112. The van der Waals surface area contributed by atoms with Crippen LogP contribution in [0.5, 0.6) is 0 Å². The lowest BCUT2D eigenvalue weighted by Gasteiger charge is -2.39. The molecule has 0 radical (unpaired) electrons. The SMILES string of the molecule is O=C(O)c1csc(N2CCN(C(c3ccccc3)c3ccccn3)CC2)n1. The molecule has 0 aliphatic carbocycles. The summed E-state index contributed by atoms with van der Waals surface area (Å²) in [6, 6.07) is 16.6. The van der Waals surface area contributed by atoms with Crippen molar-refractivity contribution in [3.8, 4) is 0 Å². The monoisotopic (exact) mass is 380 g/mol. The van der Waals surface area contributed by atoms with Gasteiger partial charge in [-0.05, 0) is 17.7 Å². The second-order valence-electron chi connectivity index (χ2n) is 6.41. The van der Waals surface area contributed by atoms with E-state index in [9.17, 15) is 4.79 Å². The fraction of sp³-hybridized carbons (Fsp3) is 0.250. The van der Waals surface area contributed by atoms with Crippen LogP contribution in [0.15, 0.2) is 60.1 Å². The predicted molar refractivity (Wildman–Crippen MR) is 105 cm³/mol. The van der Waals surface area contributed by atoms with Gasteiger partial charge in [-0.2, -0.15) is 0 Å². The molecule has 4 rings (SSSR count). The average molecular weight is 380 g/mol. The summed E-state index contributed by atoms with van der Waals surface area (Å²) >= 11 is 1.39. The molecule has 1 aliphatic rings. The van der Waals surface area contributed by atoms with E-state index in [1.54, 1.807) is 5.38 Å². The Morgan fingerprint density at radius 2 is 1.78 bits per heavy atom. The van der Waals surface area contributed by atoms with Crippen LogP contribution in [0, 0.1) is 0 Å². The second-order valence-corrected chi connectivity index (χ2v) is 7.25. The molecule has 0 amide bonds. The molecule has 27 heavy (non-hydrogen) atoms. The highest BCUT2D eigenvalue weighted by Crippen LogP contribution is 2.30. The number of carbonyl (C=O) groups is 1. The van der Waals surface area contributed by atoms with Crippen molar-refractivity contribution in [3.63, 3.8) is 0 Å². The topological polar surface area (TPSA) is 69.6 Å². The van der Waals surface area contributed by atoms with Crippen molar-refractivity contribution >= 4 is 22.4 Å². The normalized spacial score (nSPS) is 16.2. The van der Waals surface area contributed by atoms with Gasteiger partial charge in [0.1, 0.15) is 0 Å². The molecule has 3 aromatic rings. The molecule has 6 nitrogen and oxygen atoms in total. The largest absolute Gasteiger partial charge is 0.476 e. The third-order valence-corrected chi connectivity index (χ3v) is 5.65. The van der Waals surface area contributed by atoms with E-state index in [2.05, 4.69) is 50.1 Å². The lowest BCUT2D eigenvalue weighted by molar-refractivity contribution is 0.0691. The van der Waals surface area contributed by atoms with Crippen molar-refractivity contribution in [1.82, 2.24) is 14.9 Å². The summed E-state index contributed by atoms with van der Waals surface area (Å²) in [5.74, 6) is -0.976. The van der Waals surface area contributed by atoms with Gasteiger partial charge in [-0.3, -0.25) is 9.88 Å². The fourth-order valence-corrected chi connectivity index (χ4v) is 4.27.